The standard InChI is InChI=1S/C59H115N29O12S/c1-32(79-46(92)37(16-8-25-74-55(64)65)87-53(99)42-21-13-30-88(42)54(100)43(62)33(2)89)45(91)81-38(17-9-26-75-56(66)67)50(96)85-41(20-12-29-78-59(72)73)52(98)86-40(19-11-28-77-58(70)71)51(97)83-35(14-4-6-23-60)48(94)82-36(15-5-7-24-61)49(95)84-39(18-10-27-76-57(68)69)47(93)80-34(44(63)90)22-31-101-3/h32-43,89H,4-31,60-62H2,1-3H3,(H2,63,90)(H,79,92)(H,80,93)(H,81,91)(H,82,94)(H,83,97)(H,84,95)(H,85,96)(H,86,98)(H,87,99)(H4,64,65,74)(H4,66,67,75)(H4,68,69,76)(H4,70,71,77)(H4,72,73,78)/t32-,33+,34-,35-,36-,37-,38-,39-,40-,41-,42-,43-/m0/s1. The van der Waals surface area contributed by atoms with Gasteiger partial charge in [0.15, 0.2) is 29.8 Å². The average Bonchev–Trinajstić information content (AvgIpc) is 1.75. The van der Waals surface area contributed by atoms with E-state index in [2.05, 4.69) is 72.8 Å². The van der Waals surface area contributed by atoms with Crippen LogP contribution in [0.25, 0.3) is 0 Å². The molecule has 0 aromatic heterocycles. The Kier molecular flexibility index (Phi) is 44.5. The Hall–Kier alpha value is -9.29. The van der Waals surface area contributed by atoms with Crippen molar-refractivity contribution in [1.82, 2.24) is 52.8 Å². The highest BCUT2D eigenvalue weighted by Gasteiger charge is 2.40. The van der Waals surface area contributed by atoms with E-state index in [4.69, 9.17) is 80.3 Å². The van der Waals surface area contributed by atoms with Crippen molar-refractivity contribution in [3.8, 4) is 0 Å². The number of unbranched alkanes of at least 4 members (excludes halogenated alkanes) is 2. The van der Waals surface area contributed by atoms with Gasteiger partial charge in [-0.2, -0.15) is 11.8 Å². The van der Waals surface area contributed by atoms with Crippen LogP contribution in [-0.4, -0.2) is 242 Å². The molecule has 0 unspecified atom stereocenters. The summed E-state index contributed by atoms with van der Waals surface area (Å²) in [5.41, 5.74) is 78.8. The molecule has 0 aromatic carbocycles. The second-order valence-corrected chi connectivity index (χ2v) is 25.2. The fourth-order valence-corrected chi connectivity index (χ4v) is 10.7. The minimum absolute atomic E-state index is 0.00883. The maximum Gasteiger partial charge on any atom is 0.243 e. The highest BCUT2D eigenvalue weighted by atomic mass is 32.2. The molecule has 12 atom stereocenters. The van der Waals surface area contributed by atoms with Crippen molar-refractivity contribution in [2.24, 2.45) is 105 Å². The SMILES string of the molecule is CSCC[C@H](NC(=O)[C@H](CCCN=C(N)N)NC(=O)[C@H](CCCCN)NC(=O)[C@H](CCCCN)NC(=O)[C@H](CCCN=C(N)N)NC(=O)[C@H](CCCN=C(N)N)NC(=O)[C@H](CCCN=C(N)N)NC(=O)[C@H](C)NC(=O)[C@H](CCCN=C(N)N)NC(=O)[C@@H]1CCCN1C(=O)[C@@H](N)[C@@H](C)O)C(N)=O. The number of aliphatic imine (C=N–C) groups is 5. The topological polar surface area (TPSA) is 746 Å². The van der Waals surface area contributed by atoms with Gasteiger partial charge in [0.1, 0.15) is 66.5 Å². The average molecular weight is 1450 g/mol. The molecule has 1 aliphatic rings. The van der Waals surface area contributed by atoms with Gasteiger partial charge in [0.05, 0.1) is 6.10 Å². The lowest BCUT2D eigenvalue weighted by Gasteiger charge is -2.29. The minimum atomic E-state index is -1.51. The van der Waals surface area contributed by atoms with Crippen molar-refractivity contribution in [2.45, 2.75) is 208 Å². The van der Waals surface area contributed by atoms with Gasteiger partial charge in [-0.15, -0.1) is 0 Å². The number of carbonyl (C=O) groups is 11. The highest BCUT2D eigenvalue weighted by molar-refractivity contribution is 7.98. The molecule has 1 rings (SSSR count). The number of carbonyl (C=O) groups excluding carboxylic acids is 11. The van der Waals surface area contributed by atoms with E-state index in [1.54, 1.807) is 6.26 Å². The molecular formula is C59H115N29O12S. The lowest BCUT2D eigenvalue weighted by atomic mass is 10.0. The van der Waals surface area contributed by atoms with E-state index in [0.29, 0.717) is 31.4 Å². The molecule has 0 aromatic rings. The first-order chi connectivity index (χ1) is 47.8. The zero-order chi connectivity index (χ0) is 76.1. The van der Waals surface area contributed by atoms with Crippen LogP contribution in [0.3, 0.4) is 0 Å². The van der Waals surface area contributed by atoms with E-state index in [1.165, 1.54) is 30.5 Å². The Morgan fingerprint density at radius 2 is 0.703 bits per heavy atom. The predicted molar refractivity (Wildman–Crippen MR) is 385 cm³/mol. The van der Waals surface area contributed by atoms with Gasteiger partial charge in [0.25, 0.3) is 0 Å². The molecule has 41 nitrogen and oxygen atoms in total. The van der Waals surface area contributed by atoms with Gasteiger partial charge < -0.3 is 138 Å². The second kappa shape index (κ2) is 50.1. The lowest BCUT2D eigenvalue weighted by molar-refractivity contribution is -0.142. The number of thioether (sulfide) groups is 1. The summed E-state index contributed by atoms with van der Waals surface area (Å²) in [6.07, 6.45) is 2.72. The number of hydrogen-bond donors (Lipinski definition) is 24. The van der Waals surface area contributed by atoms with E-state index < -0.39 is 138 Å². The van der Waals surface area contributed by atoms with Gasteiger partial charge >= 0.3 is 0 Å². The van der Waals surface area contributed by atoms with Gasteiger partial charge in [-0.3, -0.25) is 77.7 Å². The third-order valence-corrected chi connectivity index (χ3v) is 16.4. The molecule has 11 amide bonds. The third-order valence-electron chi connectivity index (χ3n) is 15.7. The maximum atomic E-state index is 14.8. The number of primary amides is 1. The van der Waals surface area contributed by atoms with Crippen LogP contribution in [0.5, 0.6) is 0 Å². The van der Waals surface area contributed by atoms with Crippen LogP contribution in [-0.2, 0) is 52.7 Å². The molecule has 0 saturated carbocycles. The van der Waals surface area contributed by atoms with Crippen LogP contribution >= 0.6 is 11.8 Å². The molecule has 0 spiro atoms. The molecule has 0 bridgehead atoms. The fraction of sp³-hybridized carbons (Fsp3) is 0.729. The molecule has 38 N–H and O–H groups in total. The molecule has 0 aliphatic carbocycles. The minimum Gasteiger partial charge on any atom is -0.391 e. The number of hydrogen-bond acceptors (Lipinski definition) is 21. The van der Waals surface area contributed by atoms with Crippen LogP contribution in [0.1, 0.15) is 136 Å². The van der Waals surface area contributed by atoms with E-state index in [0.717, 1.165) is 0 Å². The van der Waals surface area contributed by atoms with Crippen LogP contribution < -0.4 is 128 Å². The summed E-state index contributed by atoms with van der Waals surface area (Å²) < 4.78 is 0. The van der Waals surface area contributed by atoms with Gasteiger partial charge in [0.2, 0.25) is 65.0 Å². The van der Waals surface area contributed by atoms with Crippen molar-refractivity contribution in [3.63, 3.8) is 0 Å². The molecule has 1 aliphatic heterocycles. The summed E-state index contributed by atoms with van der Waals surface area (Å²) >= 11 is 1.42. The van der Waals surface area contributed by atoms with E-state index >= 15 is 0 Å². The van der Waals surface area contributed by atoms with Gasteiger partial charge in [-0.25, -0.2) is 0 Å². The molecule has 574 valence electrons. The van der Waals surface area contributed by atoms with Crippen LogP contribution in [0.2, 0.25) is 0 Å². The van der Waals surface area contributed by atoms with Crippen molar-refractivity contribution in [3.05, 3.63) is 0 Å². The molecule has 101 heavy (non-hydrogen) atoms. The van der Waals surface area contributed by atoms with Crippen LogP contribution in [0, 0.1) is 0 Å². The van der Waals surface area contributed by atoms with Crippen molar-refractivity contribution in [1.29, 1.82) is 0 Å². The smallest absolute Gasteiger partial charge is 0.243 e. The molecular weight excluding hydrogens is 1340 g/mol. The van der Waals surface area contributed by atoms with Gasteiger partial charge in [0, 0.05) is 39.3 Å². The number of amides is 11. The first-order valence-corrected chi connectivity index (χ1v) is 35.1. The summed E-state index contributed by atoms with van der Waals surface area (Å²) in [6, 6.07) is -14.7. The van der Waals surface area contributed by atoms with E-state index in [-0.39, 0.29) is 178 Å². The fourth-order valence-electron chi connectivity index (χ4n) is 10.2. The largest absolute Gasteiger partial charge is 0.391 e. The number of rotatable bonds is 52. The van der Waals surface area contributed by atoms with Crippen molar-refractivity contribution >= 4 is 107 Å². The Bertz CT molecular complexity index is 2800. The summed E-state index contributed by atoms with van der Waals surface area (Å²) in [7, 11) is 0. The monoisotopic (exact) mass is 1450 g/mol. The number of nitrogens with two attached hydrogens (primary N) is 14. The third kappa shape index (κ3) is 37.6. The Labute approximate surface area is 593 Å². The van der Waals surface area contributed by atoms with Gasteiger partial charge in [-0.05, 0) is 161 Å². The summed E-state index contributed by atoms with van der Waals surface area (Å²) in [6.45, 7) is 3.22. The quantitative estimate of drug-likeness (QED) is 0.0153. The van der Waals surface area contributed by atoms with Crippen molar-refractivity contribution in [2.75, 3.05) is 64.4 Å². The summed E-state index contributed by atoms with van der Waals surface area (Å²) in [4.78, 5) is 175. The van der Waals surface area contributed by atoms with E-state index in [9.17, 15) is 57.8 Å². The lowest BCUT2D eigenvalue weighted by Crippen LogP contribution is -2.60. The summed E-state index contributed by atoms with van der Waals surface area (Å²) in [5, 5.41) is 33.9. The molecule has 42 heteroatoms. The normalized spacial score (nSPS) is 15.7. The van der Waals surface area contributed by atoms with Crippen LogP contribution in [0.4, 0.5) is 0 Å². The number of aliphatic hydroxyl groups excluding tert-OH is 1. The number of likely N-dealkylation sites (tertiary alicyclic amines) is 1. The number of guanidine groups is 5. The predicted octanol–water partition coefficient (Wildman–Crippen LogP) is -10.2. The molecule has 1 heterocycles. The Morgan fingerprint density at radius 3 is 0.990 bits per heavy atom. The number of aliphatic hydroxyl groups is 1. The number of nitrogens with one attached hydrogen (secondary N) is 9. The first kappa shape index (κ1) is 89.7. The Morgan fingerprint density at radius 1 is 0.416 bits per heavy atom. The highest BCUT2D eigenvalue weighted by Crippen LogP contribution is 2.20. The zero-order valence-corrected chi connectivity index (χ0v) is 59.2. The molecule has 0 radical (unpaired) electrons. The Balaban J connectivity index is 3.82. The first-order valence-electron chi connectivity index (χ1n) is 33.7. The zero-order valence-electron chi connectivity index (χ0n) is 58.3. The molecule has 1 fully saturated rings. The second-order valence-electron chi connectivity index (χ2n) is 24.2. The molecule has 1 saturated heterocycles. The maximum absolute atomic E-state index is 14.8. The van der Waals surface area contributed by atoms with Crippen molar-refractivity contribution < 1.29 is 57.8 Å². The summed E-state index contributed by atoms with van der Waals surface area (Å²) in [5.74, 6) is -9.91. The van der Waals surface area contributed by atoms with E-state index in [1.807, 2.05) is 0 Å². The van der Waals surface area contributed by atoms with Gasteiger partial charge in [-0.1, -0.05) is 0 Å². The van der Waals surface area contributed by atoms with Crippen LogP contribution in [0.15, 0.2) is 25.0 Å². The number of nitrogens with zero attached hydrogens (tertiary/aromatic N) is 6.